The Morgan fingerprint density at radius 2 is 2.55 bits per heavy atom. The second-order valence-corrected chi connectivity index (χ2v) is 2.79. The van der Waals surface area contributed by atoms with Gasteiger partial charge < -0.3 is 5.32 Å². The van der Waals surface area contributed by atoms with Gasteiger partial charge in [0.15, 0.2) is 0 Å². The summed E-state index contributed by atoms with van der Waals surface area (Å²) in [5.74, 6) is 5.65. The Hall–Kier alpha value is -0.610. The third-order valence-corrected chi connectivity index (χ3v) is 1.95. The number of carbonyl (C=O) groups excluding carboxylic acids is 1. The van der Waals surface area contributed by atoms with Gasteiger partial charge in [0.05, 0.1) is 0 Å². The standard InChI is InChI=1S/C7H15N3O/c1-2-9-7(11)6-4-3-5-10(6)8/h6H,2-5,8H2,1H3,(H,9,11)/t6-/m0/s1. The minimum absolute atomic E-state index is 0.0625. The summed E-state index contributed by atoms with van der Waals surface area (Å²) in [4.78, 5) is 11.2. The van der Waals surface area contributed by atoms with Crippen LogP contribution in [-0.4, -0.2) is 30.0 Å². The van der Waals surface area contributed by atoms with Crippen molar-refractivity contribution in [3.05, 3.63) is 0 Å². The number of nitrogens with two attached hydrogens (primary N) is 1. The smallest absolute Gasteiger partial charge is 0.238 e. The molecule has 0 aromatic carbocycles. The van der Waals surface area contributed by atoms with E-state index in [1.54, 1.807) is 5.01 Å². The van der Waals surface area contributed by atoms with Gasteiger partial charge in [-0.05, 0) is 19.8 Å². The Balaban J connectivity index is 2.39. The second kappa shape index (κ2) is 3.69. The minimum atomic E-state index is -0.0880. The van der Waals surface area contributed by atoms with Crippen LogP contribution in [0.2, 0.25) is 0 Å². The topological polar surface area (TPSA) is 58.4 Å². The number of hydrogen-bond acceptors (Lipinski definition) is 3. The number of hydrogen-bond donors (Lipinski definition) is 2. The zero-order chi connectivity index (χ0) is 8.27. The third kappa shape index (κ3) is 1.91. The summed E-state index contributed by atoms with van der Waals surface area (Å²) < 4.78 is 0. The fourth-order valence-electron chi connectivity index (χ4n) is 1.36. The Bertz CT molecular complexity index is 149. The van der Waals surface area contributed by atoms with E-state index in [0.717, 1.165) is 19.4 Å². The molecule has 1 aliphatic rings. The fraction of sp³-hybridized carbons (Fsp3) is 0.857. The molecule has 0 saturated carbocycles. The van der Waals surface area contributed by atoms with Crippen molar-refractivity contribution in [2.75, 3.05) is 13.1 Å². The quantitative estimate of drug-likeness (QED) is 0.529. The van der Waals surface area contributed by atoms with Gasteiger partial charge in [-0.2, -0.15) is 0 Å². The lowest BCUT2D eigenvalue weighted by Gasteiger charge is -2.17. The van der Waals surface area contributed by atoms with Gasteiger partial charge in [-0.3, -0.25) is 10.6 Å². The number of amides is 1. The monoisotopic (exact) mass is 157 g/mol. The van der Waals surface area contributed by atoms with Gasteiger partial charge in [-0.15, -0.1) is 0 Å². The van der Waals surface area contributed by atoms with E-state index in [4.69, 9.17) is 5.84 Å². The fourth-order valence-corrected chi connectivity index (χ4v) is 1.36. The van der Waals surface area contributed by atoms with Crippen LogP contribution < -0.4 is 11.2 Å². The molecular formula is C7H15N3O. The lowest BCUT2D eigenvalue weighted by Crippen LogP contribution is -2.46. The summed E-state index contributed by atoms with van der Waals surface area (Å²) in [6.07, 6.45) is 1.92. The number of carbonyl (C=O) groups is 1. The summed E-state index contributed by atoms with van der Waals surface area (Å²) in [6, 6.07) is -0.0880. The molecule has 0 aromatic rings. The molecule has 64 valence electrons. The summed E-state index contributed by atoms with van der Waals surface area (Å²) in [7, 11) is 0. The van der Waals surface area contributed by atoms with E-state index in [0.29, 0.717) is 6.54 Å². The first-order chi connectivity index (χ1) is 5.25. The molecule has 1 atom stereocenters. The molecule has 1 fully saturated rings. The zero-order valence-electron chi connectivity index (χ0n) is 6.84. The predicted molar refractivity (Wildman–Crippen MR) is 42.6 cm³/mol. The number of nitrogens with zero attached hydrogens (tertiary/aromatic N) is 1. The number of rotatable bonds is 2. The molecular weight excluding hydrogens is 142 g/mol. The van der Waals surface area contributed by atoms with Gasteiger partial charge in [-0.25, -0.2) is 5.01 Å². The molecule has 1 aliphatic heterocycles. The zero-order valence-corrected chi connectivity index (χ0v) is 6.84. The molecule has 0 bridgehead atoms. The minimum Gasteiger partial charge on any atom is -0.355 e. The number of likely N-dealkylation sites (N-methyl/N-ethyl adjacent to an activating group) is 1. The van der Waals surface area contributed by atoms with E-state index in [1.165, 1.54) is 0 Å². The maximum Gasteiger partial charge on any atom is 0.238 e. The van der Waals surface area contributed by atoms with Crippen LogP contribution >= 0.6 is 0 Å². The van der Waals surface area contributed by atoms with Gasteiger partial charge in [0, 0.05) is 13.1 Å². The van der Waals surface area contributed by atoms with Crippen molar-refractivity contribution in [2.45, 2.75) is 25.8 Å². The average Bonchev–Trinajstić information content (AvgIpc) is 2.36. The molecule has 0 aliphatic carbocycles. The lowest BCUT2D eigenvalue weighted by molar-refractivity contribution is -0.125. The van der Waals surface area contributed by atoms with Crippen molar-refractivity contribution >= 4 is 5.91 Å². The first kappa shape index (κ1) is 8.49. The molecule has 3 N–H and O–H groups in total. The maximum absolute atomic E-state index is 11.2. The maximum atomic E-state index is 11.2. The van der Waals surface area contributed by atoms with E-state index >= 15 is 0 Å². The van der Waals surface area contributed by atoms with Crippen LogP contribution in [0.5, 0.6) is 0 Å². The molecule has 1 rings (SSSR count). The second-order valence-electron chi connectivity index (χ2n) is 2.79. The van der Waals surface area contributed by atoms with E-state index in [9.17, 15) is 4.79 Å². The largest absolute Gasteiger partial charge is 0.355 e. The van der Waals surface area contributed by atoms with Crippen molar-refractivity contribution in [1.29, 1.82) is 0 Å². The van der Waals surface area contributed by atoms with Crippen molar-refractivity contribution in [3.8, 4) is 0 Å². The highest BCUT2D eigenvalue weighted by Crippen LogP contribution is 2.12. The van der Waals surface area contributed by atoms with E-state index < -0.39 is 0 Å². The molecule has 1 heterocycles. The van der Waals surface area contributed by atoms with Crippen LogP contribution in [0.3, 0.4) is 0 Å². The first-order valence-corrected chi connectivity index (χ1v) is 4.04. The van der Waals surface area contributed by atoms with Crippen LogP contribution in [0.4, 0.5) is 0 Å². The molecule has 0 aromatic heterocycles. The summed E-state index contributed by atoms with van der Waals surface area (Å²) >= 11 is 0. The molecule has 0 radical (unpaired) electrons. The van der Waals surface area contributed by atoms with Crippen LogP contribution in [0, 0.1) is 0 Å². The Kier molecular flexibility index (Phi) is 2.84. The summed E-state index contributed by atoms with van der Waals surface area (Å²) in [5, 5.41) is 4.37. The molecule has 11 heavy (non-hydrogen) atoms. The van der Waals surface area contributed by atoms with Crippen LogP contribution in [-0.2, 0) is 4.79 Å². The Morgan fingerprint density at radius 1 is 1.82 bits per heavy atom. The van der Waals surface area contributed by atoms with Crippen LogP contribution in [0.25, 0.3) is 0 Å². The normalized spacial score (nSPS) is 25.5. The van der Waals surface area contributed by atoms with Gasteiger partial charge >= 0.3 is 0 Å². The Morgan fingerprint density at radius 3 is 3.00 bits per heavy atom. The number of hydrazine groups is 1. The molecule has 1 saturated heterocycles. The lowest BCUT2D eigenvalue weighted by atomic mass is 10.2. The molecule has 0 unspecified atom stereocenters. The van der Waals surface area contributed by atoms with Crippen molar-refractivity contribution < 1.29 is 4.79 Å². The van der Waals surface area contributed by atoms with E-state index in [2.05, 4.69) is 5.32 Å². The van der Waals surface area contributed by atoms with Gasteiger partial charge in [0.25, 0.3) is 0 Å². The first-order valence-electron chi connectivity index (χ1n) is 4.04. The number of nitrogens with one attached hydrogen (secondary N) is 1. The van der Waals surface area contributed by atoms with Crippen LogP contribution in [0.15, 0.2) is 0 Å². The van der Waals surface area contributed by atoms with Crippen molar-refractivity contribution in [3.63, 3.8) is 0 Å². The van der Waals surface area contributed by atoms with Gasteiger partial charge in [-0.1, -0.05) is 0 Å². The van der Waals surface area contributed by atoms with Crippen molar-refractivity contribution in [1.82, 2.24) is 10.3 Å². The van der Waals surface area contributed by atoms with Gasteiger partial charge in [0.1, 0.15) is 6.04 Å². The highest BCUT2D eigenvalue weighted by molar-refractivity contribution is 5.81. The highest BCUT2D eigenvalue weighted by atomic mass is 16.2. The van der Waals surface area contributed by atoms with E-state index in [1.807, 2.05) is 6.92 Å². The molecule has 0 spiro atoms. The molecule has 4 heteroatoms. The average molecular weight is 157 g/mol. The third-order valence-electron chi connectivity index (χ3n) is 1.95. The SMILES string of the molecule is CCNC(=O)[C@@H]1CCCN1N. The molecule has 1 amide bonds. The Labute approximate surface area is 66.7 Å². The van der Waals surface area contributed by atoms with Gasteiger partial charge in [0.2, 0.25) is 5.91 Å². The van der Waals surface area contributed by atoms with E-state index in [-0.39, 0.29) is 11.9 Å². The molecule has 4 nitrogen and oxygen atoms in total. The highest BCUT2D eigenvalue weighted by Gasteiger charge is 2.27. The van der Waals surface area contributed by atoms with Crippen LogP contribution in [0.1, 0.15) is 19.8 Å². The summed E-state index contributed by atoms with van der Waals surface area (Å²) in [6.45, 7) is 3.43. The predicted octanol–water partition coefficient (Wildman–Crippen LogP) is -0.539. The summed E-state index contributed by atoms with van der Waals surface area (Å²) in [5.41, 5.74) is 0. The van der Waals surface area contributed by atoms with Crippen molar-refractivity contribution in [2.24, 2.45) is 5.84 Å².